The SMILES string of the molecule is CCOC(C)CNc1ccc([N+](=O)[O-])c(C#N)c1. The molecule has 0 aliphatic carbocycles. The van der Waals surface area contributed by atoms with Gasteiger partial charge in [-0.25, -0.2) is 0 Å². The predicted molar refractivity (Wildman–Crippen MR) is 67.4 cm³/mol. The zero-order valence-corrected chi connectivity index (χ0v) is 10.3. The van der Waals surface area contributed by atoms with Gasteiger partial charge in [0, 0.05) is 24.9 Å². The van der Waals surface area contributed by atoms with Crippen molar-refractivity contribution in [3.05, 3.63) is 33.9 Å². The van der Waals surface area contributed by atoms with Gasteiger partial charge in [0.1, 0.15) is 11.6 Å². The molecule has 18 heavy (non-hydrogen) atoms. The summed E-state index contributed by atoms with van der Waals surface area (Å²) in [6.07, 6.45) is 0.0377. The van der Waals surface area contributed by atoms with Crippen molar-refractivity contribution < 1.29 is 9.66 Å². The van der Waals surface area contributed by atoms with Crippen LogP contribution in [0.1, 0.15) is 19.4 Å². The molecule has 1 aromatic rings. The number of anilines is 1. The Balaban J connectivity index is 2.75. The first-order valence-electron chi connectivity index (χ1n) is 5.62. The standard InChI is InChI=1S/C12H15N3O3/c1-3-18-9(2)8-14-11-4-5-12(15(16)17)10(6-11)7-13/h4-6,9,14H,3,8H2,1-2H3. The van der Waals surface area contributed by atoms with E-state index in [9.17, 15) is 10.1 Å². The highest BCUT2D eigenvalue weighted by molar-refractivity contribution is 5.58. The van der Waals surface area contributed by atoms with Gasteiger partial charge in [0.15, 0.2) is 0 Å². The van der Waals surface area contributed by atoms with Gasteiger partial charge in [-0.1, -0.05) is 0 Å². The molecule has 0 bridgehead atoms. The second-order valence-electron chi connectivity index (χ2n) is 3.75. The van der Waals surface area contributed by atoms with Crippen LogP contribution in [0, 0.1) is 21.4 Å². The van der Waals surface area contributed by atoms with E-state index in [0.717, 1.165) is 0 Å². The Morgan fingerprint density at radius 3 is 2.89 bits per heavy atom. The van der Waals surface area contributed by atoms with Crippen LogP contribution >= 0.6 is 0 Å². The molecule has 0 aliphatic heterocycles. The van der Waals surface area contributed by atoms with Crippen LogP contribution in [-0.2, 0) is 4.74 Å². The molecule has 0 amide bonds. The van der Waals surface area contributed by atoms with E-state index in [1.165, 1.54) is 12.1 Å². The summed E-state index contributed by atoms with van der Waals surface area (Å²) in [5.74, 6) is 0. The maximum Gasteiger partial charge on any atom is 0.287 e. The Morgan fingerprint density at radius 2 is 2.33 bits per heavy atom. The number of hydrogen-bond acceptors (Lipinski definition) is 5. The topological polar surface area (TPSA) is 88.2 Å². The Hall–Kier alpha value is -2.13. The third kappa shape index (κ3) is 3.71. The number of nitrogens with one attached hydrogen (secondary N) is 1. The minimum atomic E-state index is -0.564. The fraction of sp³-hybridized carbons (Fsp3) is 0.417. The van der Waals surface area contributed by atoms with Gasteiger partial charge in [-0.15, -0.1) is 0 Å². The summed E-state index contributed by atoms with van der Waals surface area (Å²) in [4.78, 5) is 10.1. The van der Waals surface area contributed by atoms with Crippen LogP contribution in [-0.4, -0.2) is 24.2 Å². The molecular weight excluding hydrogens is 234 g/mol. The van der Waals surface area contributed by atoms with Crippen molar-refractivity contribution in [3.63, 3.8) is 0 Å². The molecule has 1 unspecified atom stereocenters. The average Bonchev–Trinajstić information content (AvgIpc) is 2.36. The maximum absolute atomic E-state index is 10.7. The molecule has 6 heteroatoms. The van der Waals surface area contributed by atoms with Crippen LogP contribution in [0.5, 0.6) is 0 Å². The van der Waals surface area contributed by atoms with Crippen LogP contribution in [0.25, 0.3) is 0 Å². The summed E-state index contributed by atoms with van der Waals surface area (Å²) in [6.45, 7) is 5.05. The van der Waals surface area contributed by atoms with Crippen LogP contribution in [0.15, 0.2) is 18.2 Å². The van der Waals surface area contributed by atoms with Crippen LogP contribution in [0.2, 0.25) is 0 Å². The fourth-order valence-corrected chi connectivity index (χ4v) is 1.50. The zero-order chi connectivity index (χ0) is 13.5. The van der Waals surface area contributed by atoms with Gasteiger partial charge >= 0.3 is 0 Å². The van der Waals surface area contributed by atoms with Crippen LogP contribution < -0.4 is 5.32 Å². The van der Waals surface area contributed by atoms with Gasteiger partial charge in [0.25, 0.3) is 5.69 Å². The molecule has 1 N–H and O–H groups in total. The molecule has 0 spiro atoms. The number of nitriles is 1. The molecule has 0 radical (unpaired) electrons. The molecule has 0 heterocycles. The zero-order valence-electron chi connectivity index (χ0n) is 10.3. The predicted octanol–water partition coefficient (Wildman–Crippen LogP) is 2.30. The number of nitro groups is 1. The van der Waals surface area contributed by atoms with E-state index in [0.29, 0.717) is 18.8 Å². The number of nitrogens with zero attached hydrogens (tertiary/aromatic N) is 2. The summed E-state index contributed by atoms with van der Waals surface area (Å²) in [5.41, 5.74) is 0.540. The summed E-state index contributed by atoms with van der Waals surface area (Å²) in [7, 11) is 0. The second kappa shape index (κ2) is 6.57. The summed E-state index contributed by atoms with van der Waals surface area (Å²) in [6, 6.07) is 6.19. The van der Waals surface area contributed by atoms with E-state index in [1.807, 2.05) is 19.9 Å². The van der Waals surface area contributed by atoms with Crippen LogP contribution in [0.3, 0.4) is 0 Å². The lowest BCUT2D eigenvalue weighted by atomic mass is 10.1. The minimum absolute atomic E-state index is 0.0377. The molecule has 1 atom stereocenters. The molecule has 0 fully saturated rings. The first-order chi connectivity index (χ1) is 8.58. The van der Waals surface area contributed by atoms with Gasteiger partial charge in [0.2, 0.25) is 0 Å². The number of benzene rings is 1. The van der Waals surface area contributed by atoms with E-state index < -0.39 is 4.92 Å². The monoisotopic (exact) mass is 249 g/mol. The molecule has 1 rings (SSSR count). The number of nitro benzene ring substituents is 1. The third-order valence-electron chi connectivity index (χ3n) is 2.36. The Kier molecular flexibility index (Phi) is 5.08. The highest BCUT2D eigenvalue weighted by Crippen LogP contribution is 2.21. The highest BCUT2D eigenvalue weighted by atomic mass is 16.6. The number of hydrogen-bond donors (Lipinski definition) is 1. The van der Waals surface area contributed by atoms with Crippen molar-refractivity contribution in [2.24, 2.45) is 0 Å². The summed E-state index contributed by atoms with van der Waals surface area (Å²) >= 11 is 0. The van der Waals surface area contributed by atoms with Gasteiger partial charge < -0.3 is 10.1 Å². The van der Waals surface area contributed by atoms with Crippen molar-refractivity contribution in [1.29, 1.82) is 5.26 Å². The van der Waals surface area contributed by atoms with E-state index in [2.05, 4.69) is 5.32 Å². The van der Waals surface area contributed by atoms with Crippen molar-refractivity contribution in [2.75, 3.05) is 18.5 Å². The summed E-state index contributed by atoms with van der Waals surface area (Å²) < 4.78 is 5.35. The Bertz CT molecular complexity index is 468. The smallest absolute Gasteiger partial charge is 0.287 e. The highest BCUT2D eigenvalue weighted by Gasteiger charge is 2.13. The first kappa shape index (κ1) is 13.9. The van der Waals surface area contributed by atoms with E-state index >= 15 is 0 Å². The quantitative estimate of drug-likeness (QED) is 0.617. The molecule has 0 saturated carbocycles. The Labute approximate surface area is 105 Å². The Morgan fingerprint density at radius 1 is 1.61 bits per heavy atom. The molecular formula is C12H15N3O3. The van der Waals surface area contributed by atoms with Gasteiger partial charge in [-0.3, -0.25) is 10.1 Å². The van der Waals surface area contributed by atoms with Gasteiger partial charge in [-0.05, 0) is 26.0 Å². The van der Waals surface area contributed by atoms with Gasteiger partial charge in [0.05, 0.1) is 11.0 Å². The lowest BCUT2D eigenvalue weighted by molar-refractivity contribution is -0.385. The second-order valence-corrected chi connectivity index (χ2v) is 3.75. The largest absolute Gasteiger partial charge is 0.382 e. The molecule has 0 aromatic heterocycles. The molecule has 6 nitrogen and oxygen atoms in total. The van der Waals surface area contributed by atoms with Crippen LogP contribution in [0.4, 0.5) is 11.4 Å². The molecule has 0 saturated heterocycles. The van der Waals surface area contributed by atoms with Crippen molar-refractivity contribution in [2.45, 2.75) is 20.0 Å². The number of rotatable bonds is 6. The van der Waals surface area contributed by atoms with E-state index in [-0.39, 0.29) is 17.4 Å². The molecule has 0 aliphatic rings. The first-order valence-corrected chi connectivity index (χ1v) is 5.62. The molecule has 96 valence electrons. The minimum Gasteiger partial charge on any atom is -0.382 e. The third-order valence-corrected chi connectivity index (χ3v) is 2.36. The van der Waals surface area contributed by atoms with Gasteiger partial charge in [-0.2, -0.15) is 5.26 Å². The van der Waals surface area contributed by atoms with E-state index in [4.69, 9.17) is 10.00 Å². The fourth-order valence-electron chi connectivity index (χ4n) is 1.50. The van der Waals surface area contributed by atoms with Crippen molar-refractivity contribution >= 4 is 11.4 Å². The molecule has 1 aromatic carbocycles. The van der Waals surface area contributed by atoms with Crippen molar-refractivity contribution in [3.8, 4) is 6.07 Å². The number of ether oxygens (including phenoxy) is 1. The van der Waals surface area contributed by atoms with E-state index in [1.54, 1.807) is 6.07 Å². The lowest BCUT2D eigenvalue weighted by Gasteiger charge is -2.13. The normalized spacial score (nSPS) is 11.6. The van der Waals surface area contributed by atoms with Crippen molar-refractivity contribution in [1.82, 2.24) is 0 Å². The summed E-state index contributed by atoms with van der Waals surface area (Å²) in [5, 5.41) is 22.6. The average molecular weight is 249 g/mol. The maximum atomic E-state index is 10.7. The lowest BCUT2D eigenvalue weighted by Crippen LogP contribution is -2.19.